The van der Waals surface area contributed by atoms with E-state index in [1.807, 2.05) is 12.1 Å². The maximum absolute atomic E-state index is 14.6. The Morgan fingerprint density at radius 3 is 2.62 bits per heavy atom. The van der Waals surface area contributed by atoms with E-state index in [4.69, 9.17) is 4.98 Å². The lowest BCUT2D eigenvalue weighted by molar-refractivity contribution is -0.119. The predicted octanol–water partition coefficient (Wildman–Crippen LogP) is 5.48. The van der Waals surface area contributed by atoms with E-state index >= 15 is 0 Å². The summed E-state index contributed by atoms with van der Waals surface area (Å²) in [5.41, 5.74) is 6.17. The second-order valence-electron chi connectivity index (χ2n) is 11.5. The van der Waals surface area contributed by atoms with Gasteiger partial charge >= 0.3 is 0 Å². The first-order valence-electron chi connectivity index (χ1n) is 14.6. The zero-order valence-corrected chi connectivity index (χ0v) is 25.2. The standard InChI is InChI=1S/C32H29FN8O3S/c1-45(43,44)7-6-18-8-20(10-22(33)9-18)25-15-35-16-28-29(25)39-31(38-28)30-24-12-26(36-17-27(24)40-41-30)21-11-23(14-34-13-21)37-32(42)19-4-2-3-5-19/h8-17,19H,2-7H2,1H3,(H,37,42)(H,38,39)(H,40,41). The number of pyridine rings is 3. The van der Waals surface area contributed by atoms with E-state index in [2.05, 4.69) is 35.5 Å². The van der Waals surface area contributed by atoms with Crippen molar-refractivity contribution in [1.82, 2.24) is 35.1 Å². The number of aromatic amines is 2. The fourth-order valence-corrected chi connectivity index (χ4v) is 6.45. The molecule has 5 aromatic heterocycles. The summed E-state index contributed by atoms with van der Waals surface area (Å²) in [6, 6.07) is 8.24. The number of hydrogen-bond acceptors (Lipinski definition) is 8. The van der Waals surface area contributed by atoms with Gasteiger partial charge in [0.1, 0.15) is 21.3 Å². The Morgan fingerprint density at radius 1 is 0.978 bits per heavy atom. The molecule has 1 fully saturated rings. The number of amides is 1. The Hall–Kier alpha value is -5.04. The second-order valence-corrected chi connectivity index (χ2v) is 13.8. The zero-order chi connectivity index (χ0) is 31.1. The van der Waals surface area contributed by atoms with Crippen LogP contribution in [0.25, 0.3) is 55.8 Å². The predicted molar refractivity (Wildman–Crippen MR) is 169 cm³/mol. The molecule has 0 saturated heterocycles. The number of nitrogens with zero attached hydrogens (tertiary/aromatic N) is 5. The third kappa shape index (κ3) is 6.03. The number of carbonyl (C=O) groups excluding carboxylic acids is 1. The van der Waals surface area contributed by atoms with Gasteiger partial charge in [-0.15, -0.1) is 0 Å². The van der Waals surface area contributed by atoms with Gasteiger partial charge in [0.15, 0.2) is 5.82 Å². The molecule has 1 saturated carbocycles. The SMILES string of the molecule is CS(=O)(=O)CCc1cc(F)cc(-c2cncc3[nH]c(-c4n[nH]c5cnc(-c6cncc(NC(=O)C7CCCC7)c6)cc45)nc23)c1. The summed E-state index contributed by atoms with van der Waals surface area (Å²) in [5, 5.41) is 11.3. The smallest absolute Gasteiger partial charge is 0.227 e. The van der Waals surface area contributed by atoms with Gasteiger partial charge in [-0.25, -0.2) is 17.8 Å². The largest absolute Gasteiger partial charge is 0.335 e. The Balaban J connectivity index is 1.22. The molecule has 228 valence electrons. The lowest BCUT2D eigenvalue weighted by atomic mass is 10.0. The van der Waals surface area contributed by atoms with Crippen LogP contribution < -0.4 is 5.32 Å². The van der Waals surface area contributed by atoms with E-state index in [1.54, 1.807) is 37.1 Å². The molecule has 45 heavy (non-hydrogen) atoms. The van der Waals surface area contributed by atoms with Gasteiger partial charge in [0, 0.05) is 41.1 Å². The summed E-state index contributed by atoms with van der Waals surface area (Å²) in [7, 11) is -3.21. The highest BCUT2D eigenvalue weighted by Crippen LogP contribution is 2.33. The number of benzene rings is 1. The molecule has 0 bridgehead atoms. The minimum atomic E-state index is -3.21. The lowest BCUT2D eigenvalue weighted by Gasteiger charge is -2.11. The molecule has 1 amide bonds. The highest BCUT2D eigenvalue weighted by atomic mass is 32.2. The van der Waals surface area contributed by atoms with E-state index in [9.17, 15) is 17.6 Å². The highest BCUT2D eigenvalue weighted by molar-refractivity contribution is 7.90. The molecule has 6 aromatic rings. The van der Waals surface area contributed by atoms with Crippen LogP contribution in [-0.4, -0.2) is 61.5 Å². The number of nitrogens with one attached hydrogen (secondary N) is 3. The molecule has 13 heteroatoms. The van der Waals surface area contributed by atoms with Crippen molar-refractivity contribution in [3.05, 3.63) is 72.7 Å². The number of carbonyl (C=O) groups is 1. The number of halogens is 1. The van der Waals surface area contributed by atoms with Crippen molar-refractivity contribution < 1.29 is 17.6 Å². The monoisotopic (exact) mass is 624 g/mol. The molecule has 7 rings (SSSR count). The second kappa shape index (κ2) is 11.5. The van der Waals surface area contributed by atoms with Crippen molar-refractivity contribution in [3.8, 4) is 33.9 Å². The van der Waals surface area contributed by atoms with E-state index < -0.39 is 15.7 Å². The Bertz CT molecular complexity index is 2190. The summed E-state index contributed by atoms with van der Waals surface area (Å²) < 4.78 is 38.0. The summed E-state index contributed by atoms with van der Waals surface area (Å²) in [6.45, 7) is 0. The van der Waals surface area contributed by atoms with Gasteiger partial charge in [0.2, 0.25) is 5.91 Å². The number of hydrogen-bond donors (Lipinski definition) is 3. The van der Waals surface area contributed by atoms with E-state index in [0.29, 0.717) is 56.1 Å². The molecule has 0 aliphatic heterocycles. The molecular weight excluding hydrogens is 595 g/mol. The average Bonchev–Trinajstić information content (AvgIpc) is 3.79. The number of aryl methyl sites for hydroxylation is 1. The average molecular weight is 625 g/mol. The highest BCUT2D eigenvalue weighted by Gasteiger charge is 2.23. The van der Waals surface area contributed by atoms with Crippen molar-refractivity contribution in [2.24, 2.45) is 5.92 Å². The van der Waals surface area contributed by atoms with Gasteiger partial charge < -0.3 is 10.3 Å². The quantitative estimate of drug-likeness (QED) is 0.201. The first-order chi connectivity index (χ1) is 21.7. The van der Waals surface area contributed by atoms with Crippen LogP contribution >= 0.6 is 0 Å². The van der Waals surface area contributed by atoms with Gasteiger partial charge in [-0.05, 0) is 54.7 Å². The van der Waals surface area contributed by atoms with Crippen LogP contribution in [0.1, 0.15) is 31.2 Å². The molecule has 5 heterocycles. The first kappa shape index (κ1) is 28.7. The number of fused-ring (bicyclic) bond motifs is 2. The molecule has 3 N–H and O–H groups in total. The van der Waals surface area contributed by atoms with Crippen LogP contribution in [0.5, 0.6) is 0 Å². The molecule has 0 radical (unpaired) electrons. The summed E-state index contributed by atoms with van der Waals surface area (Å²) >= 11 is 0. The third-order valence-electron chi connectivity index (χ3n) is 8.12. The van der Waals surface area contributed by atoms with Crippen molar-refractivity contribution in [1.29, 1.82) is 0 Å². The number of anilines is 1. The van der Waals surface area contributed by atoms with Crippen molar-refractivity contribution in [2.75, 3.05) is 17.3 Å². The minimum Gasteiger partial charge on any atom is -0.335 e. The molecule has 0 unspecified atom stereocenters. The Kier molecular flexibility index (Phi) is 7.32. The fourth-order valence-electron chi connectivity index (χ4n) is 5.85. The lowest BCUT2D eigenvalue weighted by Crippen LogP contribution is -2.20. The number of H-pyrrole nitrogens is 2. The number of sulfone groups is 1. The third-order valence-corrected chi connectivity index (χ3v) is 9.07. The van der Waals surface area contributed by atoms with Crippen molar-refractivity contribution in [3.63, 3.8) is 0 Å². The minimum absolute atomic E-state index is 0.0223. The van der Waals surface area contributed by atoms with Crippen molar-refractivity contribution in [2.45, 2.75) is 32.1 Å². The van der Waals surface area contributed by atoms with Crippen LogP contribution in [-0.2, 0) is 21.1 Å². The summed E-state index contributed by atoms with van der Waals surface area (Å²) in [5.74, 6) is -0.0115. The molecular formula is C32H29FN8O3S. The summed E-state index contributed by atoms with van der Waals surface area (Å²) in [4.78, 5) is 34.0. The maximum Gasteiger partial charge on any atom is 0.227 e. The molecule has 0 spiro atoms. The summed E-state index contributed by atoms with van der Waals surface area (Å²) in [6.07, 6.45) is 13.6. The molecule has 1 aliphatic carbocycles. The fraction of sp³-hybridized carbons (Fsp3) is 0.250. The van der Waals surface area contributed by atoms with Gasteiger partial charge in [-0.3, -0.25) is 24.8 Å². The normalized spacial score (nSPS) is 14.0. The number of aromatic nitrogens is 7. The van der Waals surface area contributed by atoms with Crippen LogP contribution in [0, 0.1) is 11.7 Å². The van der Waals surface area contributed by atoms with Gasteiger partial charge in [0.25, 0.3) is 0 Å². The maximum atomic E-state index is 14.6. The van der Waals surface area contributed by atoms with Gasteiger partial charge in [-0.2, -0.15) is 5.10 Å². The van der Waals surface area contributed by atoms with E-state index in [0.717, 1.165) is 42.9 Å². The van der Waals surface area contributed by atoms with Gasteiger partial charge in [0.05, 0.1) is 52.3 Å². The zero-order valence-electron chi connectivity index (χ0n) is 24.3. The molecule has 1 aromatic carbocycles. The Morgan fingerprint density at radius 2 is 1.80 bits per heavy atom. The molecule has 0 atom stereocenters. The molecule has 11 nitrogen and oxygen atoms in total. The topological polar surface area (TPSA) is 159 Å². The Labute approximate surface area is 257 Å². The number of imidazole rings is 1. The first-order valence-corrected chi connectivity index (χ1v) is 16.7. The van der Waals surface area contributed by atoms with Crippen LogP contribution in [0.2, 0.25) is 0 Å². The van der Waals surface area contributed by atoms with E-state index in [-0.39, 0.29) is 24.0 Å². The van der Waals surface area contributed by atoms with Crippen LogP contribution in [0.15, 0.2) is 61.3 Å². The van der Waals surface area contributed by atoms with Crippen LogP contribution in [0.3, 0.4) is 0 Å². The van der Waals surface area contributed by atoms with Crippen molar-refractivity contribution >= 4 is 43.4 Å². The van der Waals surface area contributed by atoms with Crippen LogP contribution in [0.4, 0.5) is 10.1 Å². The van der Waals surface area contributed by atoms with E-state index in [1.165, 1.54) is 12.1 Å². The number of rotatable bonds is 8. The molecule has 1 aliphatic rings. The van der Waals surface area contributed by atoms with Gasteiger partial charge in [-0.1, -0.05) is 18.9 Å².